The molecule has 5 heteroatoms. The number of rotatable bonds is 4. The molecule has 1 N–H and O–H groups in total. The van der Waals surface area contributed by atoms with Gasteiger partial charge < -0.3 is 9.88 Å². The number of nitrogens with one attached hydrogen (secondary N) is 1. The summed E-state index contributed by atoms with van der Waals surface area (Å²) in [5.41, 5.74) is 0. The molecule has 0 aromatic carbocycles. The second-order valence-electron chi connectivity index (χ2n) is 3.09. The van der Waals surface area contributed by atoms with Gasteiger partial charge in [0.2, 0.25) is 0 Å². The maximum Gasteiger partial charge on any atom is 0.141 e. The summed E-state index contributed by atoms with van der Waals surface area (Å²) in [6.45, 7) is 1.54. The Kier molecular flexibility index (Phi) is 2.92. The van der Waals surface area contributed by atoms with E-state index in [-0.39, 0.29) is 5.82 Å². The van der Waals surface area contributed by atoms with Crippen LogP contribution in [0.3, 0.4) is 0 Å². The molecule has 2 rings (SSSR count). The molecule has 2 aromatic rings. The van der Waals surface area contributed by atoms with Crippen molar-refractivity contribution in [2.45, 2.75) is 6.54 Å². The van der Waals surface area contributed by atoms with Gasteiger partial charge in [-0.2, -0.15) is 0 Å². The number of hydrogen-bond donors (Lipinski definition) is 1. The summed E-state index contributed by atoms with van der Waals surface area (Å²) < 4.78 is 14.5. The predicted octanol–water partition coefficient (Wildman–Crippen LogP) is 1.53. The minimum atomic E-state index is -0.324. The fourth-order valence-electron chi connectivity index (χ4n) is 1.21. The lowest BCUT2D eigenvalue weighted by molar-refractivity contribution is 0.621. The van der Waals surface area contributed by atoms with Gasteiger partial charge in [0.1, 0.15) is 11.6 Å². The molecule has 0 unspecified atom stereocenters. The monoisotopic (exact) mass is 206 g/mol. The van der Waals surface area contributed by atoms with Crippen LogP contribution in [0.15, 0.2) is 37.1 Å². The molecular formula is C10H11FN4. The van der Waals surface area contributed by atoms with Crippen molar-refractivity contribution in [1.82, 2.24) is 14.5 Å². The van der Waals surface area contributed by atoms with Gasteiger partial charge in [-0.05, 0) is 12.1 Å². The number of hydrogen-bond acceptors (Lipinski definition) is 3. The van der Waals surface area contributed by atoms with E-state index in [0.717, 1.165) is 13.1 Å². The van der Waals surface area contributed by atoms with E-state index in [1.807, 2.05) is 10.8 Å². The second-order valence-corrected chi connectivity index (χ2v) is 3.09. The summed E-state index contributed by atoms with van der Waals surface area (Å²) in [7, 11) is 0. The van der Waals surface area contributed by atoms with Crippen LogP contribution in [-0.2, 0) is 6.54 Å². The maximum atomic E-state index is 12.5. The number of halogens is 1. The van der Waals surface area contributed by atoms with Crippen molar-refractivity contribution in [3.05, 3.63) is 42.9 Å². The molecule has 0 radical (unpaired) electrons. The first-order valence-corrected chi connectivity index (χ1v) is 4.66. The van der Waals surface area contributed by atoms with E-state index in [4.69, 9.17) is 0 Å². The van der Waals surface area contributed by atoms with Crippen LogP contribution in [0.2, 0.25) is 0 Å². The largest absolute Gasteiger partial charge is 0.368 e. The van der Waals surface area contributed by atoms with Crippen LogP contribution in [0.25, 0.3) is 0 Å². The van der Waals surface area contributed by atoms with Crippen molar-refractivity contribution in [2.24, 2.45) is 0 Å². The standard InChI is InChI=1S/C10H11FN4/c11-9-1-2-10(14-7-9)13-4-6-15-5-3-12-8-15/h1-3,5,7-8H,4,6H2,(H,13,14). The molecule has 0 amide bonds. The van der Waals surface area contributed by atoms with Gasteiger partial charge in [0, 0.05) is 25.5 Å². The lowest BCUT2D eigenvalue weighted by Crippen LogP contribution is -2.09. The minimum absolute atomic E-state index is 0.324. The van der Waals surface area contributed by atoms with Crippen molar-refractivity contribution in [3.8, 4) is 0 Å². The first kappa shape index (κ1) is 9.64. The molecule has 78 valence electrons. The summed E-state index contributed by atoms with van der Waals surface area (Å²) >= 11 is 0. The van der Waals surface area contributed by atoms with E-state index in [1.54, 1.807) is 18.6 Å². The first-order valence-electron chi connectivity index (χ1n) is 4.66. The normalized spacial score (nSPS) is 10.2. The summed E-state index contributed by atoms with van der Waals surface area (Å²) in [5.74, 6) is 0.353. The molecule has 15 heavy (non-hydrogen) atoms. The molecule has 0 spiro atoms. The van der Waals surface area contributed by atoms with Crippen LogP contribution >= 0.6 is 0 Å². The van der Waals surface area contributed by atoms with Gasteiger partial charge in [-0.25, -0.2) is 14.4 Å². The third-order valence-corrected chi connectivity index (χ3v) is 1.96. The number of anilines is 1. The summed E-state index contributed by atoms with van der Waals surface area (Å²) in [5, 5.41) is 3.08. The summed E-state index contributed by atoms with van der Waals surface area (Å²) in [4.78, 5) is 7.82. The third-order valence-electron chi connectivity index (χ3n) is 1.96. The van der Waals surface area contributed by atoms with Gasteiger partial charge in [0.15, 0.2) is 0 Å². The van der Waals surface area contributed by atoms with Gasteiger partial charge in [0.05, 0.1) is 12.5 Å². The second kappa shape index (κ2) is 4.54. The highest BCUT2D eigenvalue weighted by Gasteiger charge is 1.94. The van der Waals surface area contributed by atoms with Crippen LogP contribution in [0.4, 0.5) is 10.2 Å². The Hall–Kier alpha value is -1.91. The van der Waals surface area contributed by atoms with E-state index in [2.05, 4.69) is 15.3 Å². The molecule has 2 aromatic heterocycles. The molecule has 0 aliphatic carbocycles. The number of nitrogens with zero attached hydrogens (tertiary/aromatic N) is 3. The van der Waals surface area contributed by atoms with Crippen molar-refractivity contribution >= 4 is 5.82 Å². The van der Waals surface area contributed by atoms with Crippen LogP contribution in [0.1, 0.15) is 0 Å². The first-order chi connectivity index (χ1) is 7.34. The lowest BCUT2D eigenvalue weighted by Gasteiger charge is -2.05. The Morgan fingerprint density at radius 3 is 3.00 bits per heavy atom. The number of aromatic nitrogens is 3. The molecule has 0 atom stereocenters. The van der Waals surface area contributed by atoms with E-state index in [9.17, 15) is 4.39 Å². The summed E-state index contributed by atoms with van der Waals surface area (Å²) in [6.07, 6.45) is 6.56. The van der Waals surface area contributed by atoms with Crippen LogP contribution < -0.4 is 5.32 Å². The molecule has 0 saturated heterocycles. The van der Waals surface area contributed by atoms with Crippen LogP contribution in [0, 0.1) is 5.82 Å². The molecule has 0 saturated carbocycles. The highest BCUT2D eigenvalue weighted by molar-refractivity contribution is 5.33. The SMILES string of the molecule is Fc1ccc(NCCn2ccnc2)nc1. The number of pyridine rings is 1. The fourth-order valence-corrected chi connectivity index (χ4v) is 1.21. The van der Waals surface area contributed by atoms with Gasteiger partial charge in [-0.1, -0.05) is 0 Å². The highest BCUT2D eigenvalue weighted by Crippen LogP contribution is 2.02. The van der Waals surface area contributed by atoms with Crippen LogP contribution in [0.5, 0.6) is 0 Å². The number of imidazole rings is 1. The van der Waals surface area contributed by atoms with Crippen molar-refractivity contribution in [2.75, 3.05) is 11.9 Å². The molecule has 2 heterocycles. The van der Waals surface area contributed by atoms with Gasteiger partial charge >= 0.3 is 0 Å². The zero-order chi connectivity index (χ0) is 10.5. The molecule has 4 nitrogen and oxygen atoms in total. The summed E-state index contributed by atoms with van der Waals surface area (Å²) in [6, 6.07) is 3.00. The quantitative estimate of drug-likeness (QED) is 0.824. The Morgan fingerprint density at radius 1 is 1.40 bits per heavy atom. The van der Waals surface area contributed by atoms with Gasteiger partial charge in [-0.3, -0.25) is 0 Å². The minimum Gasteiger partial charge on any atom is -0.368 e. The van der Waals surface area contributed by atoms with Gasteiger partial charge in [-0.15, -0.1) is 0 Å². The average Bonchev–Trinajstić information content (AvgIpc) is 2.74. The van der Waals surface area contributed by atoms with E-state index in [1.165, 1.54) is 12.3 Å². The zero-order valence-corrected chi connectivity index (χ0v) is 8.10. The molecule has 0 aliphatic rings. The molecular weight excluding hydrogens is 195 g/mol. The van der Waals surface area contributed by atoms with E-state index in [0.29, 0.717) is 5.82 Å². The third kappa shape index (κ3) is 2.77. The zero-order valence-electron chi connectivity index (χ0n) is 8.10. The highest BCUT2D eigenvalue weighted by atomic mass is 19.1. The smallest absolute Gasteiger partial charge is 0.141 e. The van der Waals surface area contributed by atoms with Gasteiger partial charge in [0.25, 0.3) is 0 Å². The Bertz CT molecular complexity index is 396. The van der Waals surface area contributed by atoms with E-state index >= 15 is 0 Å². The fraction of sp³-hybridized carbons (Fsp3) is 0.200. The Morgan fingerprint density at radius 2 is 2.33 bits per heavy atom. The maximum absolute atomic E-state index is 12.5. The average molecular weight is 206 g/mol. The lowest BCUT2D eigenvalue weighted by atomic mass is 10.4. The molecule has 0 aliphatic heterocycles. The predicted molar refractivity (Wildman–Crippen MR) is 54.9 cm³/mol. The van der Waals surface area contributed by atoms with Crippen molar-refractivity contribution in [1.29, 1.82) is 0 Å². The molecule has 0 fully saturated rings. The Balaban J connectivity index is 1.81. The van der Waals surface area contributed by atoms with Crippen molar-refractivity contribution in [3.63, 3.8) is 0 Å². The van der Waals surface area contributed by atoms with Crippen LogP contribution in [-0.4, -0.2) is 21.1 Å². The van der Waals surface area contributed by atoms with Crippen molar-refractivity contribution < 1.29 is 4.39 Å². The molecule has 0 bridgehead atoms. The van der Waals surface area contributed by atoms with E-state index < -0.39 is 0 Å². The topological polar surface area (TPSA) is 42.7 Å². The Labute approximate surface area is 86.8 Å².